The van der Waals surface area contributed by atoms with Crippen LogP contribution in [0, 0.1) is 21.4 Å². The number of nitrogens with zero attached hydrogens (tertiary/aromatic N) is 3. The first-order valence-corrected chi connectivity index (χ1v) is 10.6. The third kappa shape index (κ3) is 4.96. The smallest absolute Gasteiger partial charge is 0.269 e. The molecular formula is C24H16Cl2N4O4. The molecule has 0 aliphatic carbocycles. The second kappa shape index (κ2) is 9.83. The van der Waals surface area contributed by atoms with Gasteiger partial charge in [-0.2, -0.15) is 5.26 Å². The highest BCUT2D eigenvalue weighted by Gasteiger charge is 2.13. The van der Waals surface area contributed by atoms with Crippen LogP contribution in [-0.2, 0) is 6.61 Å². The van der Waals surface area contributed by atoms with Gasteiger partial charge in [-0.05, 0) is 41.5 Å². The van der Waals surface area contributed by atoms with Crippen molar-refractivity contribution < 1.29 is 14.4 Å². The molecule has 0 radical (unpaired) electrons. The molecule has 10 heteroatoms. The molecule has 0 aliphatic rings. The number of nitro benzene ring substituents is 1. The van der Waals surface area contributed by atoms with Gasteiger partial charge in [0.25, 0.3) is 5.69 Å². The largest absolute Gasteiger partial charge is 0.497 e. The highest BCUT2D eigenvalue weighted by molar-refractivity contribution is 6.37. The summed E-state index contributed by atoms with van der Waals surface area (Å²) in [4.78, 5) is 18.0. The number of non-ortho nitro benzene ring substituents is 1. The minimum absolute atomic E-state index is 0.0353. The zero-order valence-electron chi connectivity index (χ0n) is 17.7. The molecular weight excluding hydrogens is 479 g/mol. The Balaban J connectivity index is 1.58. The summed E-state index contributed by atoms with van der Waals surface area (Å²) in [5.74, 6) is 1.30. The molecule has 0 amide bonds. The van der Waals surface area contributed by atoms with E-state index < -0.39 is 4.92 Å². The molecule has 8 nitrogen and oxygen atoms in total. The van der Waals surface area contributed by atoms with Crippen LogP contribution in [-0.4, -0.2) is 22.0 Å². The van der Waals surface area contributed by atoms with Crippen molar-refractivity contribution in [1.29, 1.82) is 5.26 Å². The summed E-state index contributed by atoms with van der Waals surface area (Å²) in [6.07, 6.45) is 1.61. The van der Waals surface area contributed by atoms with Gasteiger partial charge >= 0.3 is 0 Å². The summed E-state index contributed by atoms with van der Waals surface area (Å²) < 4.78 is 10.9. The van der Waals surface area contributed by atoms with Crippen molar-refractivity contribution in [3.8, 4) is 17.6 Å². The van der Waals surface area contributed by atoms with Crippen molar-refractivity contribution in [2.24, 2.45) is 0 Å². The van der Waals surface area contributed by atoms with Crippen LogP contribution in [0.3, 0.4) is 0 Å². The zero-order chi connectivity index (χ0) is 24.2. The maximum absolute atomic E-state index is 10.9. The Morgan fingerprint density at radius 3 is 2.65 bits per heavy atom. The summed E-state index contributed by atoms with van der Waals surface area (Å²) in [5, 5.41) is 21.1. The number of ether oxygens (including phenoxy) is 2. The van der Waals surface area contributed by atoms with E-state index >= 15 is 0 Å². The summed E-state index contributed by atoms with van der Waals surface area (Å²) in [6.45, 7) is 0.0438. The molecule has 170 valence electrons. The van der Waals surface area contributed by atoms with Gasteiger partial charge in [-0.3, -0.25) is 10.1 Å². The van der Waals surface area contributed by atoms with Gasteiger partial charge in [-0.15, -0.1) is 0 Å². The fourth-order valence-corrected chi connectivity index (χ4v) is 3.89. The normalized spacial score (nSPS) is 11.3. The van der Waals surface area contributed by atoms with Gasteiger partial charge in [0, 0.05) is 18.2 Å². The molecule has 0 bridgehead atoms. The van der Waals surface area contributed by atoms with Crippen LogP contribution in [0.25, 0.3) is 22.7 Å². The average Bonchev–Trinajstić information content (AvgIpc) is 3.25. The van der Waals surface area contributed by atoms with Crippen molar-refractivity contribution >= 4 is 51.6 Å². The summed E-state index contributed by atoms with van der Waals surface area (Å²) in [7, 11) is 1.57. The van der Waals surface area contributed by atoms with E-state index in [1.54, 1.807) is 55.7 Å². The number of imidazole rings is 1. The fraction of sp³-hybridized carbons (Fsp3) is 0.0833. The number of nitriles is 1. The molecule has 0 aliphatic heterocycles. The van der Waals surface area contributed by atoms with Crippen molar-refractivity contribution in [1.82, 2.24) is 9.97 Å². The first-order chi connectivity index (χ1) is 16.4. The number of methoxy groups -OCH3 is 1. The van der Waals surface area contributed by atoms with E-state index in [2.05, 4.69) is 16.0 Å². The van der Waals surface area contributed by atoms with Crippen molar-refractivity contribution in [3.05, 3.63) is 91.7 Å². The highest BCUT2D eigenvalue weighted by atomic mass is 35.5. The lowest BCUT2D eigenvalue weighted by Crippen LogP contribution is -1.98. The van der Waals surface area contributed by atoms with Crippen LogP contribution in [0.5, 0.6) is 11.5 Å². The second-order valence-electron chi connectivity index (χ2n) is 7.17. The number of hydrogen-bond donors (Lipinski definition) is 1. The highest BCUT2D eigenvalue weighted by Crippen LogP contribution is 2.36. The Kier molecular flexibility index (Phi) is 6.68. The maximum Gasteiger partial charge on any atom is 0.269 e. The Bertz CT molecular complexity index is 1450. The van der Waals surface area contributed by atoms with Gasteiger partial charge in [0.1, 0.15) is 24.3 Å². The first kappa shape index (κ1) is 23.1. The van der Waals surface area contributed by atoms with Gasteiger partial charge in [0.05, 0.1) is 38.7 Å². The van der Waals surface area contributed by atoms with Crippen LogP contribution in [0.1, 0.15) is 17.0 Å². The average molecular weight is 495 g/mol. The first-order valence-electron chi connectivity index (χ1n) is 9.89. The lowest BCUT2D eigenvalue weighted by molar-refractivity contribution is -0.384. The van der Waals surface area contributed by atoms with E-state index in [4.69, 9.17) is 32.7 Å². The summed E-state index contributed by atoms with van der Waals surface area (Å²) >= 11 is 12.8. The Morgan fingerprint density at radius 1 is 1.21 bits per heavy atom. The number of aromatic amines is 1. The number of aromatic nitrogens is 2. The number of nitro groups is 1. The van der Waals surface area contributed by atoms with E-state index in [0.717, 1.165) is 5.52 Å². The van der Waals surface area contributed by atoms with E-state index in [-0.39, 0.29) is 33.7 Å². The molecule has 3 aromatic carbocycles. The van der Waals surface area contributed by atoms with Gasteiger partial charge < -0.3 is 14.5 Å². The van der Waals surface area contributed by atoms with E-state index in [0.29, 0.717) is 28.2 Å². The quantitative estimate of drug-likeness (QED) is 0.180. The minimum atomic E-state index is -0.476. The number of halogens is 2. The Labute approximate surface area is 204 Å². The minimum Gasteiger partial charge on any atom is -0.497 e. The van der Waals surface area contributed by atoms with Crippen LogP contribution in [0.15, 0.2) is 54.6 Å². The monoisotopic (exact) mass is 494 g/mol. The number of nitrogens with one attached hydrogen (secondary N) is 1. The topological polar surface area (TPSA) is 114 Å². The summed E-state index contributed by atoms with van der Waals surface area (Å²) in [6, 6.07) is 16.8. The number of H-pyrrole nitrogens is 1. The predicted octanol–water partition coefficient (Wildman–Crippen LogP) is 6.43. The van der Waals surface area contributed by atoms with Gasteiger partial charge in [-0.1, -0.05) is 35.3 Å². The Morgan fingerprint density at radius 2 is 1.97 bits per heavy atom. The molecule has 0 spiro atoms. The molecule has 0 fully saturated rings. The molecule has 1 N–H and O–H groups in total. The van der Waals surface area contributed by atoms with Gasteiger partial charge in [-0.25, -0.2) is 4.98 Å². The Hall–Kier alpha value is -4.06. The molecule has 4 rings (SSSR count). The molecule has 1 heterocycles. The molecule has 0 unspecified atom stereocenters. The molecule has 1 aromatic heterocycles. The third-order valence-corrected chi connectivity index (χ3v) is 5.46. The predicted molar refractivity (Wildman–Crippen MR) is 130 cm³/mol. The number of hydrogen-bond acceptors (Lipinski definition) is 6. The molecule has 0 saturated heterocycles. The lowest BCUT2D eigenvalue weighted by atomic mass is 10.1. The SMILES string of the molecule is COc1ccc2nc(/C(C#N)=C/c3cc(Cl)c(OCc4cccc([N+](=O)[O-])c4)c(Cl)c3)[nH]c2c1. The third-order valence-electron chi connectivity index (χ3n) is 4.90. The number of allylic oxidation sites excluding steroid dienone is 1. The van der Waals surface area contributed by atoms with E-state index in [1.165, 1.54) is 12.1 Å². The zero-order valence-corrected chi connectivity index (χ0v) is 19.2. The standard InChI is InChI=1S/C24H16Cl2N4O4/c1-33-18-5-6-21-22(11-18)29-24(28-21)16(12-27)7-15-9-19(25)23(20(26)10-15)34-13-14-3-2-4-17(8-14)30(31)32/h2-11H,13H2,1H3,(H,28,29)/b16-7+. The molecule has 34 heavy (non-hydrogen) atoms. The van der Waals surface area contributed by atoms with Gasteiger partial charge in [0.2, 0.25) is 0 Å². The summed E-state index contributed by atoms with van der Waals surface area (Å²) in [5.41, 5.74) is 2.85. The van der Waals surface area contributed by atoms with Crippen LogP contribution in [0.4, 0.5) is 5.69 Å². The van der Waals surface area contributed by atoms with Crippen molar-refractivity contribution in [2.75, 3.05) is 7.11 Å². The van der Waals surface area contributed by atoms with E-state index in [9.17, 15) is 15.4 Å². The maximum atomic E-state index is 10.9. The number of fused-ring (bicyclic) bond motifs is 1. The van der Waals surface area contributed by atoms with Crippen LogP contribution < -0.4 is 9.47 Å². The lowest BCUT2D eigenvalue weighted by Gasteiger charge is -2.11. The molecule has 0 atom stereocenters. The second-order valence-corrected chi connectivity index (χ2v) is 7.98. The van der Waals surface area contributed by atoms with Crippen LogP contribution in [0.2, 0.25) is 10.0 Å². The molecule has 4 aromatic rings. The van der Waals surface area contributed by atoms with Crippen LogP contribution >= 0.6 is 23.2 Å². The van der Waals surface area contributed by atoms with Crippen molar-refractivity contribution in [2.45, 2.75) is 6.61 Å². The van der Waals surface area contributed by atoms with Gasteiger partial charge in [0.15, 0.2) is 5.75 Å². The molecule has 0 saturated carbocycles. The number of rotatable bonds is 7. The van der Waals surface area contributed by atoms with Crippen molar-refractivity contribution in [3.63, 3.8) is 0 Å². The van der Waals surface area contributed by atoms with E-state index in [1.807, 2.05) is 0 Å². The fourth-order valence-electron chi connectivity index (χ4n) is 3.28. The number of benzene rings is 3.